The fourth-order valence-electron chi connectivity index (χ4n) is 0.852. The number of hydrogen-bond acceptors (Lipinski definition) is 4. The van der Waals surface area contributed by atoms with Gasteiger partial charge in [-0.3, -0.25) is 0 Å². The van der Waals surface area contributed by atoms with Gasteiger partial charge >= 0.3 is 5.97 Å². The van der Waals surface area contributed by atoms with Gasteiger partial charge in [-0.05, 0) is 12.5 Å². The molecule has 4 nitrogen and oxygen atoms in total. The van der Waals surface area contributed by atoms with Crippen LogP contribution >= 0.6 is 22.0 Å². The first kappa shape index (κ1) is 10.5. The normalized spacial score (nSPS) is 11.5. The predicted molar refractivity (Wildman–Crippen MR) is 49.1 cm³/mol. The average molecular weight is 241 g/mol. The lowest BCUT2D eigenvalue weighted by Crippen LogP contribution is -1.97. The minimum absolute atomic E-state index is 0.000718. The number of aromatic carboxylic acids is 1. The molecule has 0 spiro atoms. The summed E-state index contributed by atoms with van der Waals surface area (Å²) in [4.78, 5) is 10.4. The fraction of sp³-hybridized carbons (Fsp3) is 0.167. The second-order valence-corrected chi connectivity index (χ2v) is 5.71. The molecule has 1 heterocycles. The van der Waals surface area contributed by atoms with Gasteiger partial charge in [0.1, 0.15) is 4.88 Å². The monoisotopic (exact) mass is 240 g/mol. The summed E-state index contributed by atoms with van der Waals surface area (Å²) >= 11 is 0.848. The van der Waals surface area contributed by atoms with Crippen LogP contribution in [-0.2, 0) is 9.05 Å². The lowest BCUT2D eigenvalue weighted by molar-refractivity contribution is 0.0701. The Morgan fingerprint density at radius 3 is 2.38 bits per heavy atom. The summed E-state index contributed by atoms with van der Waals surface area (Å²) in [5.41, 5.74) is 0.188. The van der Waals surface area contributed by atoms with Crippen molar-refractivity contribution in [1.29, 1.82) is 0 Å². The van der Waals surface area contributed by atoms with Gasteiger partial charge in [-0.2, -0.15) is 0 Å². The van der Waals surface area contributed by atoms with Gasteiger partial charge in [-0.1, -0.05) is 0 Å². The van der Waals surface area contributed by atoms with Crippen LogP contribution in [0.15, 0.2) is 10.3 Å². The van der Waals surface area contributed by atoms with Crippen molar-refractivity contribution in [2.24, 2.45) is 0 Å². The van der Waals surface area contributed by atoms with E-state index in [-0.39, 0.29) is 15.3 Å². The zero-order valence-electron chi connectivity index (χ0n) is 6.44. The number of hydrogen-bond donors (Lipinski definition) is 1. The van der Waals surface area contributed by atoms with E-state index in [1.807, 2.05) is 0 Å². The highest BCUT2D eigenvalue weighted by Crippen LogP contribution is 2.28. The van der Waals surface area contributed by atoms with E-state index >= 15 is 0 Å². The van der Waals surface area contributed by atoms with Crippen molar-refractivity contribution in [3.63, 3.8) is 0 Å². The van der Waals surface area contributed by atoms with Crippen molar-refractivity contribution in [2.45, 2.75) is 11.8 Å². The Morgan fingerprint density at radius 2 is 2.15 bits per heavy atom. The molecule has 1 aromatic heterocycles. The summed E-state index contributed by atoms with van der Waals surface area (Å²) in [6.07, 6.45) is 0. The SMILES string of the molecule is Cc1c(S(=O)(=O)Cl)csc1C(=O)O. The Hall–Kier alpha value is -0.590. The van der Waals surface area contributed by atoms with E-state index in [9.17, 15) is 13.2 Å². The smallest absolute Gasteiger partial charge is 0.346 e. The number of carbonyl (C=O) groups is 1. The van der Waals surface area contributed by atoms with E-state index in [1.54, 1.807) is 0 Å². The Kier molecular flexibility index (Phi) is 2.65. The first-order valence-corrected chi connectivity index (χ1v) is 6.29. The van der Waals surface area contributed by atoms with Crippen LogP contribution in [0.1, 0.15) is 15.2 Å². The van der Waals surface area contributed by atoms with Crippen molar-refractivity contribution < 1.29 is 18.3 Å². The zero-order valence-corrected chi connectivity index (χ0v) is 8.83. The van der Waals surface area contributed by atoms with Gasteiger partial charge in [-0.15, -0.1) is 11.3 Å². The summed E-state index contributed by atoms with van der Waals surface area (Å²) < 4.78 is 21.7. The Bertz CT molecular complexity index is 445. The summed E-state index contributed by atoms with van der Waals surface area (Å²) in [5, 5.41) is 9.84. The number of halogens is 1. The molecule has 0 saturated carbocycles. The van der Waals surface area contributed by atoms with Gasteiger partial charge in [-0.25, -0.2) is 13.2 Å². The van der Waals surface area contributed by atoms with Gasteiger partial charge in [0.05, 0.1) is 4.90 Å². The van der Waals surface area contributed by atoms with E-state index < -0.39 is 15.0 Å². The number of carboxylic acids is 1. The van der Waals surface area contributed by atoms with E-state index in [1.165, 1.54) is 12.3 Å². The zero-order chi connectivity index (χ0) is 10.2. The van der Waals surface area contributed by atoms with Gasteiger partial charge in [0, 0.05) is 16.1 Å². The van der Waals surface area contributed by atoms with E-state index in [4.69, 9.17) is 15.8 Å². The molecule has 0 bridgehead atoms. The molecule has 7 heteroatoms. The van der Waals surface area contributed by atoms with Crippen LogP contribution in [0.25, 0.3) is 0 Å². The van der Waals surface area contributed by atoms with Crippen LogP contribution in [0.2, 0.25) is 0 Å². The van der Waals surface area contributed by atoms with E-state index in [0.29, 0.717) is 0 Å². The van der Waals surface area contributed by atoms with Crippen molar-refractivity contribution in [3.8, 4) is 0 Å². The molecule has 72 valence electrons. The van der Waals surface area contributed by atoms with Crippen molar-refractivity contribution in [1.82, 2.24) is 0 Å². The highest BCUT2D eigenvalue weighted by molar-refractivity contribution is 8.13. The first-order chi connectivity index (χ1) is 5.84. The Labute approximate surface area is 83.2 Å². The van der Waals surface area contributed by atoms with Crippen LogP contribution in [0, 0.1) is 6.92 Å². The predicted octanol–water partition coefficient (Wildman–Crippen LogP) is 1.68. The summed E-state index contributed by atoms with van der Waals surface area (Å²) in [6, 6.07) is 0. The van der Waals surface area contributed by atoms with Crippen LogP contribution in [0.5, 0.6) is 0 Å². The molecule has 0 atom stereocenters. The third kappa shape index (κ3) is 2.01. The average Bonchev–Trinajstić information content (AvgIpc) is 2.28. The Balaban J connectivity index is 3.39. The quantitative estimate of drug-likeness (QED) is 0.799. The van der Waals surface area contributed by atoms with E-state index in [2.05, 4.69) is 0 Å². The standard InChI is InChI=1S/C6H5ClO4S2/c1-3-4(13(7,10)11)2-12-5(3)6(8)9/h2H,1H3,(H,8,9). The fourth-order valence-corrected chi connectivity index (χ4v) is 3.45. The molecule has 0 aliphatic rings. The molecular weight excluding hydrogens is 236 g/mol. The molecule has 0 aliphatic carbocycles. The van der Waals surface area contributed by atoms with Crippen LogP contribution in [0.3, 0.4) is 0 Å². The second kappa shape index (κ2) is 3.28. The number of thiophene rings is 1. The van der Waals surface area contributed by atoms with Gasteiger partial charge in [0.15, 0.2) is 0 Å². The lowest BCUT2D eigenvalue weighted by atomic mass is 10.3. The molecule has 0 radical (unpaired) electrons. The van der Waals surface area contributed by atoms with Crippen LogP contribution in [-0.4, -0.2) is 19.5 Å². The number of carboxylic acid groups (broad SMARTS) is 1. The molecule has 0 aliphatic heterocycles. The van der Waals surface area contributed by atoms with Crippen molar-refractivity contribution in [2.75, 3.05) is 0 Å². The van der Waals surface area contributed by atoms with Gasteiger partial charge in [0.2, 0.25) is 0 Å². The summed E-state index contributed by atoms with van der Waals surface area (Å²) in [7, 11) is 1.24. The summed E-state index contributed by atoms with van der Waals surface area (Å²) in [6.45, 7) is 1.41. The highest BCUT2D eigenvalue weighted by Gasteiger charge is 2.21. The molecule has 0 fully saturated rings. The maximum Gasteiger partial charge on any atom is 0.346 e. The topological polar surface area (TPSA) is 71.4 Å². The molecule has 0 saturated heterocycles. The maximum absolute atomic E-state index is 10.9. The largest absolute Gasteiger partial charge is 0.477 e. The van der Waals surface area contributed by atoms with Crippen LogP contribution in [0.4, 0.5) is 0 Å². The maximum atomic E-state index is 10.9. The number of rotatable bonds is 2. The van der Waals surface area contributed by atoms with Crippen molar-refractivity contribution >= 4 is 37.0 Å². The second-order valence-electron chi connectivity index (χ2n) is 2.30. The molecule has 0 aromatic carbocycles. The molecule has 1 aromatic rings. The van der Waals surface area contributed by atoms with Gasteiger partial charge < -0.3 is 5.11 Å². The van der Waals surface area contributed by atoms with Crippen LogP contribution < -0.4 is 0 Å². The third-order valence-electron chi connectivity index (χ3n) is 1.45. The summed E-state index contributed by atoms with van der Waals surface area (Å²) in [5.74, 6) is -1.14. The molecule has 0 unspecified atom stereocenters. The van der Waals surface area contributed by atoms with Gasteiger partial charge in [0.25, 0.3) is 9.05 Å². The molecular formula is C6H5ClO4S2. The molecule has 1 N–H and O–H groups in total. The molecule has 13 heavy (non-hydrogen) atoms. The van der Waals surface area contributed by atoms with E-state index in [0.717, 1.165) is 11.3 Å². The van der Waals surface area contributed by atoms with Crippen molar-refractivity contribution in [3.05, 3.63) is 15.8 Å². The highest BCUT2D eigenvalue weighted by atomic mass is 35.7. The third-order valence-corrected chi connectivity index (χ3v) is 4.12. The minimum Gasteiger partial charge on any atom is -0.477 e. The molecule has 0 amide bonds. The minimum atomic E-state index is -3.83. The Morgan fingerprint density at radius 1 is 1.62 bits per heavy atom. The molecule has 1 rings (SSSR count). The first-order valence-electron chi connectivity index (χ1n) is 3.10. The lowest BCUT2D eigenvalue weighted by Gasteiger charge is -1.93.